The summed E-state index contributed by atoms with van der Waals surface area (Å²) in [5.74, 6) is 0. The molecular formula is C6H9N2O4P2+. The third-order valence-electron chi connectivity index (χ3n) is 1.56. The highest BCUT2D eigenvalue weighted by Crippen LogP contribution is 2.50. The lowest BCUT2D eigenvalue weighted by atomic mass is 10.5. The number of nitrogens with two attached hydrogens (primary N) is 1. The molecule has 0 aliphatic heterocycles. The van der Waals surface area contributed by atoms with E-state index in [1.54, 1.807) is 6.07 Å². The molecule has 0 bridgehead atoms. The second-order valence-corrected chi connectivity index (χ2v) is 6.36. The van der Waals surface area contributed by atoms with E-state index in [0.717, 1.165) is 0 Å². The Bertz CT molecular complexity index is 383. The lowest BCUT2D eigenvalue weighted by Gasteiger charge is -2.08. The first-order valence-electron chi connectivity index (χ1n) is 3.61. The lowest BCUT2D eigenvalue weighted by Crippen LogP contribution is -2.23. The van der Waals surface area contributed by atoms with Gasteiger partial charge in [0, 0.05) is 6.20 Å². The molecule has 76 valence electrons. The minimum absolute atomic E-state index is 0.162. The van der Waals surface area contributed by atoms with Crippen molar-refractivity contribution in [3.05, 3.63) is 24.4 Å². The van der Waals surface area contributed by atoms with E-state index in [-0.39, 0.29) is 5.44 Å². The van der Waals surface area contributed by atoms with Gasteiger partial charge in [0.1, 0.15) is 5.44 Å². The van der Waals surface area contributed by atoms with Crippen LogP contribution in [0.15, 0.2) is 24.4 Å². The van der Waals surface area contributed by atoms with Crippen LogP contribution in [-0.2, 0) is 9.13 Å². The summed E-state index contributed by atoms with van der Waals surface area (Å²) >= 11 is 0. The van der Waals surface area contributed by atoms with Crippen LogP contribution in [-0.4, -0.2) is 20.3 Å². The van der Waals surface area contributed by atoms with Crippen molar-refractivity contribution in [3.8, 4) is 0 Å². The van der Waals surface area contributed by atoms with Crippen LogP contribution in [0.5, 0.6) is 0 Å². The summed E-state index contributed by atoms with van der Waals surface area (Å²) in [7, 11) is -6.96. The first-order chi connectivity index (χ1) is 6.46. The van der Waals surface area contributed by atoms with Gasteiger partial charge in [-0.3, -0.25) is 15.3 Å². The Balaban J connectivity index is 3.09. The van der Waals surface area contributed by atoms with Gasteiger partial charge in [-0.2, -0.15) is 4.89 Å². The summed E-state index contributed by atoms with van der Waals surface area (Å²) in [5.41, 5.74) is 3.29. The Morgan fingerprint density at radius 2 is 2.21 bits per heavy atom. The van der Waals surface area contributed by atoms with Crippen molar-refractivity contribution in [3.63, 3.8) is 0 Å². The molecule has 1 heterocycles. The van der Waals surface area contributed by atoms with Gasteiger partial charge in [0.2, 0.25) is 0 Å². The van der Waals surface area contributed by atoms with Gasteiger partial charge < -0.3 is 4.89 Å². The molecule has 0 spiro atoms. The second-order valence-electron chi connectivity index (χ2n) is 2.53. The Labute approximate surface area is 81.1 Å². The van der Waals surface area contributed by atoms with Crippen LogP contribution in [0.25, 0.3) is 0 Å². The fourth-order valence-corrected chi connectivity index (χ4v) is 3.04. The Hall–Kier alpha value is -0.640. The van der Waals surface area contributed by atoms with Crippen molar-refractivity contribution < 1.29 is 18.9 Å². The highest BCUT2D eigenvalue weighted by atomic mass is 31.2. The van der Waals surface area contributed by atoms with E-state index in [9.17, 15) is 14.0 Å². The van der Waals surface area contributed by atoms with Crippen molar-refractivity contribution in [2.45, 2.75) is 5.52 Å². The summed E-state index contributed by atoms with van der Waals surface area (Å²) in [6.07, 6.45) is 1.31. The maximum absolute atomic E-state index is 11.6. The van der Waals surface area contributed by atoms with E-state index >= 15 is 0 Å². The van der Waals surface area contributed by atoms with Crippen LogP contribution in [0.4, 0.5) is 0 Å². The predicted octanol–water partition coefficient (Wildman–Crippen LogP) is -0.0457. The fourth-order valence-electron chi connectivity index (χ4n) is 0.813. The maximum atomic E-state index is 11.6. The first-order valence-corrected chi connectivity index (χ1v) is 6.62. The molecule has 0 amide bonds. The quantitative estimate of drug-likeness (QED) is 0.633. The van der Waals surface area contributed by atoms with Gasteiger partial charge in [0.05, 0.1) is 0 Å². The van der Waals surface area contributed by atoms with Crippen molar-refractivity contribution in [1.82, 2.24) is 4.98 Å². The van der Waals surface area contributed by atoms with Gasteiger partial charge in [0.15, 0.2) is 0 Å². The SMILES string of the molecule is NC([P+](=O)O)P(=O)(O)c1ccccn1. The molecule has 1 aromatic heterocycles. The van der Waals surface area contributed by atoms with Crippen LogP contribution in [0.2, 0.25) is 0 Å². The second kappa shape index (κ2) is 4.26. The molecule has 0 aliphatic carbocycles. The smallest absolute Gasteiger partial charge is 0.336 e. The van der Waals surface area contributed by atoms with Crippen LogP contribution >= 0.6 is 15.4 Å². The molecule has 14 heavy (non-hydrogen) atoms. The van der Waals surface area contributed by atoms with Crippen molar-refractivity contribution in [2.24, 2.45) is 5.73 Å². The highest BCUT2D eigenvalue weighted by molar-refractivity contribution is 7.74. The summed E-state index contributed by atoms with van der Waals surface area (Å²) in [6.45, 7) is 0. The summed E-state index contributed by atoms with van der Waals surface area (Å²) in [5, 5.41) is 0. The standard InChI is InChI=1S/C6H8N2O4P2/c7-6(13(9)10)14(11,12)5-3-1-2-4-8-5/h1-4,6H,7H2,(H-,9,10,11,12)/p+1. The third-order valence-corrected chi connectivity index (χ3v) is 5.19. The molecule has 1 rings (SSSR count). The summed E-state index contributed by atoms with van der Waals surface area (Å²) in [4.78, 5) is 21.7. The Morgan fingerprint density at radius 3 is 2.64 bits per heavy atom. The summed E-state index contributed by atoms with van der Waals surface area (Å²) in [6, 6.07) is 4.36. The molecule has 0 fully saturated rings. The van der Waals surface area contributed by atoms with E-state index in [0.29, 0.717) is 0 Å². The van der Waals surface area contributed by atoms with E-state index in [1.807, 2.05) is 0 Å². The number of aromatic nitrogens is 1. The minimum atomic E-state index is -4.06. The number of hydrogen-bond donors (Lipinski definition) is 3. The van der Waals surface area contributed by atoms with Gasteiger partial charge in [-0.15, -0.1) is 0 Å². The van der Waals surface area contributed by atoms with Crippen molar-refractivity contribution in [2.75, 3.05) is 0 Å². The van der Waals surface area contributed by atoms with Crippen LogP contribution in [0.3, 0.4) is 0 Å². The normalized spacial score (nSPS) is 18.4. The van der Waals surface area contributed by atoms with Gasteiger partial charge in [-0.1, -0.05) is 6.07 Å². The van der Waals surface area contributed by atoms with Crippen LogP contribution in [0.1, 0.15) is 0 Å². The number of hydrogen-bond acceptors (Lipinski definition) is 4. The molecule has 3 unspecified atom stereocenters. The van der Waals surface area contributed by atoms with E-state index < -0.39 is 20.9 Å². The van der Waals surface area contributed by atoms with Crippen molar-refractivity contribution >= 4 is 20.8 Å². The lowest BCUT2D eigenvalue weighted by molar-refractivity contribution is 0.470. The number of rotatable bonds is 3. The molecule has 0 saturated carbocycles. The molecule has 0 saturated heterocycles. The molecule has 6 nitrogen and oxygen atoms in total. The Kier molecular flexibility index (Phi) is 3.48. The molecule has 4 N–H and O–H groups in total. The Morgan fingerprint density at radius 1 is 1.57 bits per heavy atom. The zero-order valence-corrected chi connectivity index (χ0v) is 8.81. The number of pyridine rings is 1. The monoisotopic (exact) mass is 235 g/mol. The van der Waals surface area contributed by atoms with Gasteiger partial charge in [-0.05, 0) is 16.7 Å². The first kappa shape index (κ1) is 11.4. The average molecular weight is 235 g/mol. The topological polar surface area (TPSA) is 114 Å². The highest BCUT2D eigenvalue weighted by Gasteiger charge is 2.45. The number of nitrogens with zero attached hydrogens (tertiary/aromatic N) is 1. The largest absolute Gasteiger partial charge is 0.535 e. The van der Waals surface area contributed by atoms with E-state index in [4.69, 9.17) is 10.6 Å². The summed E-state index contributed by atoms with van der Waals surface area (Å²) < 4.78 is 22.2. The van der Waals surface area contributed by atoms with E-state index in [2.05, 4.69) is 4.98 Å². The van der Waals surface area contributed by atoms with Gasteiger partial charge in [-0.25, -0.2) is 0 Å². The third kappa shape index (κ3) is 2.23. The molecule has 0 aromatic carbocycles. The van der Waals surface area contributed by atoms with E-state index in [1.165, 1.54) is 18.3 Å². The zero-order chi connectivity index (χ0) is 10.8. The predicted molar refractivity (Wildman–Crippen MR) is 51.5 cm³/mol. The fraction of sp³-hybridized carbons (Fsp3) is 0.167. The molecular weight excluding hydrogens is 226 g/mol. The molecule has 1 aromatic rings. The minimum Gasteiger partial charge on any atom is -0.336 e. The average Bonchev–Trinajstić information content (AvgIpc) is 2.18. The maximum Gasteiger partial charge on any atom is 0.535 e. The molecule has 0 radical (unpaired) electrons. The molecule has 3 atom stereocenters. The van der Waals surface area contributed by atoms with Gasteiger partial charge in [0.25, 0.3) is 0 Å². The molecule has 0 aliphatic rings. The van der Waals surface area contributed by atoms with Crippen molar-refractivity contribution in [1.29, 1.82) is 0 Å². The molecule has 8 heteroatoms. The van der Waals surface area contributed by atoms with Crippen LogP contribution < -0.4 is 11.2 Å². The zero-order valence-electron chi connectivity index (χ0n) is 7.02. The van der Waals surface area contributed by atoms with Crippen LogP contribution in [0, 0.1) is 0 Å². The van der Waals surface area contributed by atoms with Gasteiger partial charge >= 0.3 is 20.9 Å².